The number of hydrogen-bond donors (Lipinski definition) is 0. The van der Waals surface area contributed by atoms with Crippen molar-refractivity contribution < 1.29 is 31.4 Å². The zero-order valence-electron chi connectivity index (χ0n) is 37.3. The van der Waals surface area contributed by atoms with Crippen LogP contribution in [0.1, 0.15) is 54.2 Å². The largest absolute Gasteiger partial charge is 0.486 e. The molecule has 0 saturated carbocycles. The predicted octanol–water partition coefficient (Wildman–Crippen LogP) is 11.6. The first-order valence-electron chi connectivity index (χ1n) is 20.6. The number of imidazole rings is 1. The molecule has 0 saturated heterocycles. The van der Waals surface area contributed by atoms with E-state index in [1.165, 1.54) is 22.8 Å². The molecule has 0 aliphatic heterocycles. The SMILES string of the molecule is Cc1cc(C)c(-n2c(-c3[c-]ccc4c3oc3nc(C)ccc34)nc3ccccc32)c(C)c1.[2H]C([2H])([2H])c1c[c-]c(-c2cc(C([2H])([2H])C(C)C)c([Si](C)(C)C)cn2)cc1.[Ir]. The quantitative estimate of drug-likeness (QED) is 0.123. The molecule has 5 nitrogen and oxygen atoms in total. The third-order valence-electron chi connectivity index (χ3n) is 9.33. The molecule has 4 heterocycles. The van der Waals surface area contributed by atoms with Crippen LogP contribution in [0.2, 0.25) is 19.6 Å². The van der Waals surface area contributed by atoms with E-state index < -0.39 is 21.3 Å². The Kier molecular flexibility index (Phi) is 9.44. The number of hydrogen-bond acceptors (Lipinski definition) is 4. The van der Waals surface area contributed by atoms with Gasteiger partial charge in [0, 0.05) is 49.9 Å². The van der Waals surface area contributed by atoms with Crippen LogP contribution in [0, 0.1) is 52.6 Å². The topological polar surface area (TPSA) is 56.7 Å². The van der Waals surface area contributed by atoms with Gasteiger partial charge in [0.25, 0.3) is 0 Å². The fourth-order valence-corrected chi connectivity index (χ4v) is 8.45. The smallest absolute Gasteiger partial charge is 0.216 e. The van der Waals surface area contributed by atoms with Crippen LogP contribution in [0.25, 0.3) is 61.4 Å². The Bertz CT molecular complexity index is 2800. The summed E-state index contributed by atoms with van der Waals surface area (Å²) < 4.78 is 48.1. The summed E-state index contributed by atoms with van der Waals surface area (Å²) in [4.78, 5) is 14.2. The summed E-state index contributed by atoms with van der Waals surface area (Å²) in [6.45, 7) is 16.6. The Balaban J connectivity index is 0.000000200. The van der Waals surface area contributed by atoms with E-state index in [0.29, 0.717) is 22.5 Å². The van der Waals surface area contributed by atoms with E-state index in [0.717, 1.165) is 55.3 Å². The molecule has 1 radical (unpaired) electrons. The van der Waals surface area contributed by atoms with Gasteiger partial charge in [-0.3, -0.25) is 4.98 Å². The molecule has 4 aromatic carbocycles. The summed E-state index contributed by atoms with van der Waals surface area (Å²) in [6, 6.07) is 33.7. The van der Waals surface area contributed by atoms with Gasteiger partial charge >= 0.3 is 0 Å². The van der Waals surface area contributed by atoms with Crippen LogP contribution in [0.15, 0.2) is 95.5 Å². The molecule has 7 heteroatoms. The average molecular weight is 910 g/mol. The van der Waals surface area contributed by atoms with Gasteiger partial charge in [-0.25, -0.2) is 4.98 Å². The summed E-state index contributed by atoms with van der Waals surface area (Å²) in [5.74, 6) is 0.650. The standard InChI is InChI=1S/C28H22N3O.C19H26NSi.Ir/c1-16-14-17(2)25(18(3)15-16)31-24-11-6-5-10-23(24)30-27(31)22-9-7-8-20-21-13-12-19(4)29-28(21)32-26(20)22;1-14(2)11-17-12-18(16-9-7-15(3)8-10-16)20-13-19(17)21(4,5)6;/h5-8,10-15H,1-4H3;7-9,12-14H,11H2,1-6H3;/q2*-1;/i;3D3,11D2;. The van der Waals surface area contributed by atoms with Crippen molar-refractivity contribution in [3.8, 4) is 28.3 Å². The average Bonchev–Trinajstić information content (AvgIpc) is 3.72. The van der Waals surface area contributed by atoms with Gasteiger partial charge in [0.05, 0.1) is 30.5 Å². The number of rotatable bonds is 6. The fraction of sp³-hybridized carbons (Fsp3) is 0.255. The molecular weight excluding hydrogens is 857 g/mol. The Morgan fingerprint density at radius 3 is 2.31 bits per heavy atom. The van der Waals surface area contributed by atoms with Crippen molar-refractivity contribution in [1.82, 2.24) is 19.5 Å². The van der Waals surface area contributed by atoms with Crippen LogP contribution < -0.4 is 5.19 Å². The van der Waals surface area contributed by atoms with Crippen molar-refractivity contribution in [2.75, 3.05) is 0 Å². The maximum Gasteiger partial charge on any atom is 0.216 e. The van der Waals surface area contributed by atoms with Crippen molar-refractivity contribution in [2.45, 2.75) is 74.4 Å². The zero-order valence-corrected chi connectivity index (χ0v) is 35.7. The zero-order chi connectivity index (χ0) is 41.9. The normalized spacial score (nSPS) is 13.5. The van der Waals surface area contributed by atoms with Gasteiger partial charge < -0.3 is 14.0 Å². The van der Waals surface area contributed by atoms with Gasteiger partial charge in [-0.1, -0.05) is 92.7 Å². The second-order valence-electron chi connectivity index (χ2n) is 15.2. The molecule has 0 bridgehead atoms. The van der Waals surface area contributed by atoms with E-state index >= 15 is 0 Å². The Morgan fingerprint density at radius 2 is 1.63 bits per heavy atom. The van der Waals surface area contributed by atoms with Crippen molar-refractivity contribution in [3.63, 3.8) is 0 Å². The van der Waals surface area contributed by atoms with Gasteiger partial charge in [0.1, 0.15) is 0 Å². The summed E-state index contributed by atoms with van der Waals surface area (Å²) >= 11 is 0. The number of nitrogens with zero attached hydrogens (tertiary/aromatic N) is 4. The predicted molar refractivity (Wildman–Crippen MR) is 224 cm³/mol. The molecule has 0 aliphatic carbocycles. The summed E-state index contributed by atoms with van der Waals surface area (Å²) in [7, 11) is -1.78. The molecule has 0 aliphatic rings. The number of furan rings is 1. The van der Waals surface area contributed by atoms with Crippen molar-refractivity contribution in [3.05, 3.63) is 137 Å². The molecule has 8 rings (SSSR count). The monoisotopic (exact) mass is 910 g/mol. The second kappa shape index (κ2) is 15.6. The van der Waals surface area contributed by atoms with E-state index in [1.807, 2.05) is 51.1 Å². The third-order valence-corrected chi connectivity index (χ3v) is 11.3. The molecule has 0 unspecified atom stereocenters. The molecule has 0 atom stereocenters. The van der Waals surface area contributed by atoms with Crippen molar-refractivity contribution in [1.29, 1.82) is 0 Å². The molecule has 4 aromatic heterocycles. The van der Waals surface area contributed by atoms with E-state index in [-0.39, 0.29) is 31.6 Å². The third kappa shape index (κ3) is 7.77. The molecule has 8 aromatic rings. The number of benzene rings is 4. The number of aromatic nitrogens is 4. The Hall–Kier alpha value is -4.68. The van der Waals surface area contributed by atoms with Gasteiger partial charge in [-0.2, -0.15) is 0 Å². The van der Waals surface area contributed by atoms with Crippen LogP contribution in [-0.4, -0.2) is 27.6 Å². The summed E-state index contributed by atoms with van der Waals surface area (Å²) in [6.07, 6.45) is 0.328. The molecule has 277 valence electrons. The van der Waals surface area contributed by atoms with Gasteiger partial charge in [-0.15, -0.1) is 53.6 Å². The number of pyridine rings is 2. The molecule has 0 N–H and O–H groups in total. The van der Waals surface area contributed by atoms with Crippen molar-refractivity contribution >= 4 is 46.4 Å². The second-order valence-corrected chi connectivity index (χ2v) is 20.2. The number of para-hydroxylation sites is 2. The van der Waals surface area contributed by atoms with E-state index in [4.69, 9.17) is 16.3 Å². The van der Waals surface area contributed by atoms with Gasteiger partial charge in [0.2, 0.25) is 5.71 Å². The maximum absolute atomic E-state index is 8.59. The summed E-state index contributed by atoms with van der Waals surface area (Å²) in [5.41, 5.74) is 12.2. The fourth-order valence-electron chi connectivity index (χ4n) is 7.04. The minimum Gasteiger partial charge on any atom is -0.486 e. The van der Waals surface area contributed by atoms with Crippen LogP contribution in [0.3, 0.4) is 0 Å². The first kappa shape index (κ1) is 32.7. The molecule has 0 spiro atoms. The van der Waals surface area contributed by atoms with Crippen LogP contribution >= 0.6 is 0 Å². The van der Waals surface area contributed by atoms with Crippen LogP contribution in [0.5, 0.6) is 0 Å². The maximum atomic E-state index is 8.59. The Morgan fingerprint density at radius 1 is 0.870 bits per heavy atom. The Labute approximate surface area is 341 Å². The van der Waals surface area contributed by atoms with Gasteiger partial charge in [-0.05, 0) is 86.3 Å². The molecule has 54 heavy (non-hydrogen) atoms. The molecular formula is C47H48IrN4OSi-2. The first-order chi connectivity index (χ1) is 27.3. The summed E-state index contributed by atoms with van der Waals surface area (Å²) in [5, 5.41) is 3.04. The van der Waals surface area contributed by atoms with E-state index in [2.05, 4.69) is 103 Å². The number of aryl methyl sites for hydroxylation is 5. The molecule has 0 amide bonds. The van der Waals surface area contributed by atoms with Crippen molar-refractivity contribution in [2.24, 2.45) is 5.92 Å². The van der Waals surface area contributed by atoms with Gasteiger partial charge in [0.15, 0.2) is 0 Å². The molecule has 0 fully saturated rings. The minimum absolute atomic E-state index is 0. The number of fused-ring (bicyclic) bond motifs is 4. The van der Waals surface area contributed by atoms with Crippen LogP contribution in [-0.2, 0) is 26.5 Å². The van der Waals surface area contributed by atoms with Crippen LogP contribution in [0.4, 0.5) is 0 Å². The van der Waals surface area contributed by atoms with E-state index in [1.54, 1.807) is 18.3 Å². The first-order valence-corrected chi connectivity index (χ1v) is 21.6. The minimum atomic E-state index is -2.16. The van der Waals surface area contributed by atoms with E-state index in [9.17, 15) is 0 Å².